The highest BCUT2D eigenvalue weighted by Crippen LogP contribution is 2.39. The molecule has 130 valence electrons. The molecule has 3 rings (SSSR count). The highest BCUT2D eigenvalue weighted by Gasteiger charge is 2.35. The van der Waals surface area contributed by atoms with Gasteiger partial charge in [-0.05, 0) is 36.4 Å². The summed E-state index contributed by atoms with van der Waals surface area (Å²) in [5, 5.41) is 15.8. The van der Waals surface area contributed by atoms with Crippen molar-refractivity contribution in [3.63, 3.8) is 0 Å². The zero-order valence-electron chi connectivity index (χ0n) is 14.1. The van der Waals surface area contributed by atoms with Crippen LogP contribution in [0.1, 0.15) is 24.3 Å². The molecule has 1 heterocycles. The van der Waals surface area contributed by atoms with Gasteiger partial charge in [-0.3, -0.25) is 4.79 Å². The van der Waals surface area contributed by atoms with E-state index in [4.69, 9.17) is 14.2 Å². The van der Waals surface area contributed by atoms with E-state index in [0.29, 0.717) is 22.6 Å². The molecule has 0 fully saturated rings. The molecule has 0 radical (unpaired) electrons. The highest BCUT2D eigenvalue weighted by molar-refractivity contribution is 5.96. The van der Waals surface area contributed by atoms with Crippen molar-refractivity contribution >= 4 is 11.8 Å². The number of aromatic hydroxyl groups is 1. The first-order valence-corrected chi connectivity index (χ1v) is 7.60. The van der Waals surface area contributed by atoms with E-state index in [-0.39, 0.29) is 17.6 Å². The van der Waals surface area contributed by atoms with Crippen LogP contribution in [0.5, 0.6) is 17.2 Å². The first-order chi connectivity index (χ1) is 12.0. The van der Waals surface area contributed by atoms with Crippen LogP contribution in [0.2, 0.25) is 0 Å². The summed E-state index contributed by atoms with van der Waals surface area (Å²) in [6.45, 7) is 1.38. The number of hydrazone groups is 1. The molecule has 7 nitrogen and oxygen atoms in total. The molecule has 0 saturated carbocycles. The second-order valence-electron chi connectivity index (χ2n) is 5.37. The largest absolute Gasteiger partial charge is 0.504 e. The number of para-hydroxylation sites is 1. The van der Waals surface area contributed by atoms with E-state index in [1.165, 1.54) is 19.0 Å². The summed E-state index contributed by atoms with van der Waals surface area (Å²) in [4.78, 5) is 12.0. The van der Waals surface area contributed by atoms with E-state index in [1.807, 2.05) is 0 Å². The molecule has 1 unspecified atom stereocenters. The van der Waals surface area contributed by atoms with Gasteiger partial charge in [-0.1, -0.05) is 6.07 Å². The van der Waals surface area contributed by atoms with Crippen molar-refractivity contribution in [1.29, 1.82) is 0 Å². The van der Waals surface area contributed by atoms with Crippen molar-refractivity contribution < 1.29 is 24.1 Å². The lowest BCUT2D eigenvalue weighted by atomic mass is 10.1. The fourth-order valence-corrected chi connectivity index (χ4v) is 2.52. The van der Waals surface area contributed by atoms with Crippen LogP contribution < -0.4 is 9.47 Å². The van der Waals surface area contributed by atoms with Gasteiger partial charge in [0.25, 0.3) is 0 Å². The van der Waals surface area contributed by atoms with E-state index in [0.717, 1.165) is 0 Å². The maximum absolute atomic E-state index is 12.0. The van der Waals surface area contributed by atoms with Crippen molar-refractivity contribution in [2.24, 2.45) is 5.10 Å². The molecule has 0 aliphatic carbocycles. The summed E-state index contributed by atoms with van der Waals surface area (Å²) >= 11 is 0. The molecule has 1 aliphatic rings. The summed E-state index contributed by atoms with van der Waals surface area (Å²) < 4.78 is 16.1. The SMILES string of the molecule is COc1ccc(C2=NN(C(C)=O)C(c3cccc(OC)c3O)O2)cc1. The van der Waals surface area contributed by atoms with Gasteiger partial charge in [0.2, 0.25) is 18.0 Å². The highest BCUT2D eigenvalue weighted by atomic mass is 16.5. The minimum absolute atomic E-state index is 0.0903. The lowest BCUT2D eigenvalue weighted by Gasteiger charge is -2.20. The van der Waals surface area contributed by atoms with Gasteiger partial charge in [-0.2, -0.15) is 5.01 Å². The number of nitrogens with zero attached hydrogens (tertiary/aromatic N) is 2. The summed E-state index contributed by atoms with van der Waals surface area (Å²) in [5.74, 6) is 0.878. The molecule has 1 aliphatic heterocycles. The van der Waals surface area contributed by atoms with Crippen LogP contribution in [0.25, 0.3) is 0 Å². The number of phenols is 1. The number of ether oxygens (including phenoxy) is 3. The number of amides is 1. The number of carbonyl (C=O) groups is 1. The Labute approximate surface area is 145 Å². The molecular formula is C18H18N2O5. The van der Waals surface area contributed by atoms with Gasteiger partial charge < -0.3 is 19.3 Å². The van der Waals surface area contributed by atoms with Crippen molar-refractivity contribution in [2.75, 3.05) is 14.2 Å². The third-order valence-corrected chi connectivity index (χ3v) is 3.82. The molecule has 0 bridgehead atoms. The Morgan fingerprint density at radius 1 is 1.16 bits per heavy atom. The smallest absolute Gasteiger partial charge is 0.243 e. The Kier molecular flexibility index (Phi) is 4.47. The maximum Gasteiger partial charge on any atom is 0.243 e. The number of methoxy groups -OCH3 is 2. The molecule has 1 amide bonds. The third-order valence-electron chi connectivity index (χ3n) is 3.82. The molecule has 0 saturated heterocycles. The summed E-state index contributed by atoms with van der Waals surface area (Å²) in [6.07, 6.45) is -0.871. The predicted octanol–water partition coefficient (Wildman–Crippen LogP) is 2.65. The van der Waals surface area contributed by atoms with Crippen molar-refractivity contribution in [1.82, 2.24) is 5.01 Å². The first kappa shape index (κ1) is 16.6. The molecule has 25 heavy (non-hydrogen) atoms. The van der Waals surface area contributed by atoms with E-state index in [1.54, 1.807) is 49.6 Å². The number of hydrogen-bond donors (Lipinski definition) is 1. The number of benzene rings is 2. The average Bonchev–Trinajstić information content (AvgIpc) is 3.07. The molecule has 2 aromatic carbocycles. The third kappa shape index (κ3) is 3.08. The molecule has 0 spiro atoms. The minimum atomic E-state index is -0.871. The van der Waals surface area contributed by atoms with Crippen molar-refractivity contribution in [3.05, 3.63) is 53.6 Å². The summed E-state index contributed by atoms with van der Waals surface area (Å²) in [7, 11) is 3.04. The van der Waals surface area contributed by atoms with Gasteiger partial charge in [0, 0.05) is 12.5 Å². The van der Waals surface area contributed by atoms with Crippen molar-refractivity contribution in [2.45, 2.75) is 13.2 Å². The molecular weight excluding hydrogens is 324 g/mol. The number of carbonyl (C=O) groups excluding carboxylic acids is 1. The second kappa shape index (κ2) is 6.72. The van der Waals surface area contributed by atoms with Gasteiger partial charge in [-0.15, -0.1) is 5.10 Å². The Morgan fingerprint density at radius 3 is 2.48 bits per heavy atom. The van der Waals surface area contributed by atoms with Gasteiger partial charge in [0.15, 0.2) is 11.5 Å². The standard InChI is InChI=1S/C18H18N2O5/c1-11(21)20-18(14-5-4-6-15(24-3)16(14)22)25-17(19-20)12-7-9-13(23-2)10-8-12/h4-10,18,22H,1-3H3. The monoisotopic (exact) mass is 342 g/mol. The van der Waals surface area contributed by atoms with Gasteiger partial charge in [-0.25, -0.2) is 0 Å². The zero-order valence-corrected chi connectivity index (χ0v) is 14.1. The fourth-order valence-electron chi connectivity index (χ4n) is 2.52. The van der Waals surface area contributed by atoms with Crippen molar-refractivity contribution in [3.8, 4) is 17.2 Å². The van der Waals surface area contributed by atoms with Crippen LogP contribution in [0.3, 0.4) is 0 Å². The van der Waals surface area contributed by atoms with Crippen LogP contribution in [0.15, 0.2) is 47.6 Å². The van der Waals surface area contributed by atoms with Gasteiger partial charge in [0.1, 0.15) is 5.75 Å². The van der Waals surface area contributed by atoms with Crippen LogP contribution in [-0.4, -0.2) is 36.1 Å². The molecule has 2 aromatic rings. The van der Waals surface area contributed by atoms with Crippen LogP contribution in [-0.2, 0) is 9.53 Å². The normalized spacial score (nSPS) is 16.2. The number of rotatable bonds is 4. The molecule has 7 heteroatoms. The van der Waals surface area contributed by atoms with Crippen LogP contribution in [0.4, 0.5) is 0 Å². The summed E-state index contributed by atoms with van der Waals surface area (Å²) in [6, 6.07) is 12.1. The molecule has 1 N–H and O–H groups in total. The van der Waals surface area contributed by atoms with Gasteiger partial charge >= 0.3 is 0 Å². The molecule has 1 atom stereocenters. The topological polar surface area (TPSA) is 80.6 Å². The molecule has 0 aromatic heterocycles. The lowest BCUT2D eigenvalue weighted by Crippen LogP contribution is -2.25. The van der Waals surface area contributed by atoms with Crippen LogP contribution in [0, 0.1) is 0 Å². The fraction of sp³-hybridized carbons (Fsp3) is 0.222. The Morgan fingerprint density at radius 2 is 1.88 bits per heavy atom. The zero-order chi connectivity index (χ0) is 18.0. The van der Waals surface area contributed by atoms with E-state index >= 15 is 0 Å². The quantitative estimate of drug-likeness (QED) is 0.924. The van der Waals surface area contributed by atoms with E-state index in [2.05, 4.69) is 5.10 Å². The summed E-state index contributed by atoms with van der Waals surface area (Å²) in [5.41, 5.74) is 1.08. The predicted molar refractivity (Wildman–Crippen MR) is 90.5 cm³/mol. The lowest BCUT2D eigenvalue weighted by molar-refractivity contribution is -0.135. The maximum atomic E-state index is 12.0. The second-order valence-corrected chi connectivity index (χ2v) is 5.37. The first-order valence-electron chi connectivity index (χ1n) is 7.60. The van der Waals surface area contributed by atoms with E-state index < -0.39 is 6.23 Å². The Bertz CT molecular complexity index is 817. The number of hydrogen-bond acceptors (Lipinski definition) is 6. The Balaban J connectivity index is 1.96. The minimum Gasteiger partial charge on any atom is -0.504 e. The van der Waals surface area contributed by atoms with E-state index in [9.17, 15) is 9.90 Å². The average molecular weight is 342 g/mol. The Hall–Kier alpha value is -3.22. The number of phenolic OH excluding ortho intramolecular Hbond substituents is 1. The van der Waals surface area contributed by atoms with Crippen LogP contribution >= 0.6 is 0 Å². The van der Waals surface area contributed by atoms with Gasteiger partial charge in [0.05, 0.1) is 19.8 Å².